The molecule has 0 saturated heterocycles. The number of hydrogen-bond acceptors (Lipinski definition) is 6. The highest BCUT2D eigenvalue weighted by Gasteiger charge is 2.32. The van der Waals surface area contributed by atoms with Gasteiger partial charge in [-0.2, -0.15) is 5.10 Å². The van der Waals surface area contributed by atoms with Crippen molar-refractivity contribution in [2.24, 2.45) is 7.05 Å². The Kier molecular flexibility index (Phi) is 5.66. The molecule has 4 aromatic heterocycles. The molecule has 1 amide bonds. The molecule has 0 atom stereocenters. The van der Waals surface area contributed by atoms with Crippen molar-refractivity contribution in [3.63, 3.8) is 0 Å². The van der Waals surface area contributed by atoms with Gasteiger partial charge in [0.15, 0.2) is 5.82 Å². The number of hydrogen-bond donors (Lipinski definition) is 3. The molecule has 1 fully saturated rings. The van der Waals surface area contributed by atoms with Gasteiger partial charge in [0.05, 0.1) is 6.61 Å². The Morgan fingerprint density at radius 2 is 1.97 bits per heavy atom. The number of amides is 1. The number of aryl methyl sites for hydroxylation is 2. The van der Waals surface area contributed by atoms with Gasteiger partial charge in [0.25, 0.3) is 11.5 Å². The third kappa shape index (κ3) is 4.06. The summed E-state index contributed by atoms with van der Waals surface area (Å²) in [6, 6.07) is 7.57. The number of H-pyrrole nitrogens is 1. The van der Waals surface area contributed by atoms with Gasteiger partial charge in [0.2, 0.25) is 0 Å². The molecule has 0 spiro atoms. The van der Waals surface area contributed by atoms with Crippen LogP contribution in [0.15, 0.2) is 41.5 Å². The highest BCUT2D eigenvalue weighted by molar-refractivity contribution is 6.06. The predicted octanol–water partition coefficient (Wildman–Crippen LogP) is 3.62. The van der Waals surface area contributed by atoms with Crippen LogP contribution in [0.2, 0.25) is 0 Å². The number of aliphatic hydroxyl groups is 1. The van der Waals surface area contributed by atoms with Gasteiger partial charge < -0.3 is 19.6 Å². The zero-order chi connectivity index (χ0) is 26.7. The van der Waals surface area contributed by atoms with E-state index in [1.165, 1.54) is 15.8 Å². The summed E-state index contributed by atoms with van der Waals surface area (Å²) >= 11 is 0. The lowest BCUT2D eigenvalue weighted by atomic mass is 9.98. The van der Waals surface area contributed by atoms with Gasteiger partial charge in [0.1, 0.15) is 17.2 Å². The lowest BCUT2D eigenvalue weighted by molar-refractivity contribution is 0.0963. The van der Waals surface area contributed by atoms with Crippen molar-refractivity contribution in [3.05, 3.63) is 75.2 Å². The fraction of sp³-hybridized carbons (Fsp3) is 0.379. The minimum atomic E-state index is -0.296. The van der Waals surface area contributed by atoms with Gasteiger partial charge in [-0.05, 0) is 67.9 Å². The van der Waals surface area contributed by atoms with Gasteiger partial charge in [-0.1, -0.05) is 0 Å². The first-order valence-electron chi connectivity index (χ1n) is 13.7. The maximum absolute atomic E-state index is 13.7. The highest BCUT2D eigenvalue weighted by Crippen LogP contribution is 2.40. The van der Waals surface area contributed by atoms with E-state index in [1.807, 2.05) is 18.2 Å². The van der Waals surface area contributed by atoms with E-state index in [2.05, 4.69) is 25.1 Å². The first-order chi connectivity index (χ1) is 19.0. The van der Waals surface area contributed by atoms with Crippen molar-refractivity contribution in [1.29, 1.82) is 0 Å². The standard InChI is InChI=1S/C29H31N7O3/c1-34-15-19(12-23(28(34)38)31-26-14-22(32-33-26)17-6-7-17)20-8-9-30-27(21(20)16-37)36-11-10-35-24-5-3-2-4-18(24)13-25(35)29(36)39/h8-9,12-15,17,37H,2-7,10-11,16H2,1H3,(H2,31,32,33). The van der Waals surface area contributed by atoms with Crippen LogP contribution in [0.1, 0.15) is 64.6 Å². The first-order valence-corrected chi connectivity index (χ1v) is 13.7. The Hall–Kier alpha value is -4.18. The summed E-state index contributed by atoms with van der Waals surface area (Å²) in [5.41, 5.74) is 6.53. The Balaban J connectivity index is 1.25. The smallest absolute Gasteiger partial charge is 0.276 e. The predicted molar refractivity (Wildman–Crippen MR) is 147 cm³/mol. The molecule has 10 heteroatoms. The van der Waals surface area contributed by atoms with Crippen molar-refractivity contribution >= 4 is 23.2 Å². The van der Waals surface area contributed by atoms with Crippen LogP contribution in [0.3, 0.4) is 0 Å². The van der Waals surface area contributed by atoms with E-state index >= 15 is 0 Å². The normalized spacial score (nSPS) is 16.8. The monoisotopic (exact) mass is 525 g/mol. The van der Waals surface area contributed by atoms with Crippen molar-refractivity contribution in [2.75, 3.05) is 16.8 Å². The second-order valence-electron chi connectivity index (χ2n) is 10.8. The van der Waals surface area contributed by atoms with Crippen molar-refractivity contribution in [3.8, 4) is 11.1 Å². The minimum absolute atomic E-state index is 0.0946. The minimum Gasteiger partial charge on any atom is -0.392 e. The molecule has 10 nitrogen and oxygen atoms in total. The molecule has 2 aliphatic carbocycles. The molecule has 5 heterocycles. The second-order valence-corrected chi connectivity index (χ2v) is 10.8. The fourth-order valence-electron chi connectivity index (χ4n) is 6.07. The summed E-state index contributed by atoms with van der Waals surface area (Å²) < 4.78 is 3.68. The Morgan fingerprint density at radius 1 is 1.13 bits per heavy atom. The zero-order valence-electron chi connectivity index (χ0n) is 21.9. The van der Waals surface area contributed by atoms with Crippen LogP contribution < -0.4 is 15.8 Å². The van der Waals surface area contributed by atoms with Crippen LogP contribution in [0.4, 0.5) is 17.3 Å². The van der Waals surface area contributed by atoms with Crippen LogP contribution in [0, 0.1) is 0 Å². The topological polar surface area (TPSA) is 121 Å². The zero-order valence-corrected chi connectivity index (χ0v) is 21.9. The SMILES string of the molecule is Cn1cc(-c2ccnc(N3CCn4c(cc5c4CCCC5)C3=O)c2CO)cc(Nc2cc(C3CC3)[nH]n2)c1=O. The van der Waals surface area contributed by atoms with Crippen molar-refractivity contribution in [2.45, 2.75) is 57.6 Å². The molecule has 1 saturated carbocycles. The summed E-state index contributed by atoms with van der Waals surface area (Å²) in [5, 5.41) is 21.1. The number of aromatic nitrogens is 5. The molecule has 0 unspecified atom stereocenters. The summed E-state index contributed by atoms with van der Waals surface area (Å²) in [6.07, 6.45) is 10.0. The molecule has 3 aliphatic rings. The number of carbonyl (C=O) groups excluding carboxylic acids is 1. The Labute approximate surface area is 225 Å². The van der Waals surface area contributed by atoms with E-state index in [1.54, 1.807) is 30.4 Å². The lowest BCUT2D eigenvalue weighted by Gasteiger charge is -2.30. The van der Waals surface area contributed by atoms with E-state index in [0.29, 0.717) is 47.6 Å². The van der Waals surface area contributed by atoms with Crippen molar-refractivity contribution in [1.82, 2.24) is 24.3 Å². The number of fused-ring (bicyclic) bond motifs is 3. The van der Waals surface area contributed by atoms with Crippen LogP contribution in [0.5, 0.6) is 0 Å². The molecule has 7 rings (SSSR count). The van der Waals surface area contributed by atoms with Crippen LogP contribution >= 0.6 is 0 Å². The van der Waals surface area contributed by atoms with E-state index in [4.69, 9.17) is 0 Å². The van der Waals surface area contributed by atoms with E-state index < -0.39 is 0 Å². The molecule has 0 bridgehead atoms. The molecule has 39 heavy (non-hydrogen) atoms. The average Bonchev–Trinajstić information content (AvgIpc) is 3.58. The maximum atomic E-state index is 13.7. The number of rotatable bonds is 6. The number of anilines is 3. The molecular weight excluding hydrogens is 494 g/mol. The van der Waals surface area contributed by atoms with Gasteiger partial charge in [0, 0.05) is 67.0 Å². The quantitative estimate of drug-likeness (QED) is 0.354. The average molecular weight is 526 g/mol. The van der Waals surface area contributed by atoms with Crippen LogP contribution in [0.25, 0.3) is 11.1 Å². The Morgan fingerprint density at radius 3 is 2.79 bits per heavy atom. The van der Waals surface area contributed by atoms with Gasteiger partial charge in [-0.25, -0.2) is 4.98 Å². The second kappa shape index (κ2) is 9.23. The molecule has 4 aromatic rings. The number of aromatic amines is 1. The van der Waals surface area contributed by atoms with E-state index in [-0.39, 0.29) is 18.1 Å². The Bertz CT molecular complexity index is 1660. The largest absolute Gasteiger partial charge is 0.392 e. The van der Waals surface area contributed by atoms with E-state index in [0.717, 1.165) is 55.3 Å². The third-order valence-corrected chi connectivity index (χ3v) is 8.24. The summed E-state index contributed by atoms with van der Waals surface area (Å²) in [4.78, 5) is 32.9. The van der Waals surface area contributed by atoms with Crippen molar-refractivity contribution < 1.29 is 9.90 Å². The van der Waals surface area contributed by atoms with Gasteiger partial charge >= 0.3 is 0 Å². The van der Waals surface area contributed by atoms with Gasteiger partial charge in [-0.3, -0.25) is 19.6 Å². The molecular formula is C29H31N7O3. The number of nitrogens with one attached hydrogen (secondary N) is 2. The molecule has 3 N–H and O–H groups in total. The molecule has 0 radical (unpaired) electrons. The van der Waals surface area contributed by atoms with E-state index in [9.17, 15) is 14.7 Å². The third-order valence-electron chi connectivity index (χ3n) is 8.24. The summed E-state index contributed by atoms with van der Waals surface area (Å²) in [5.74, 6) is 1.47. The number of pyridine rings is 2. The summed E-state index contributed by atoms with van der Waals surface area (Å²) in [6.45, 7) is 0.891. The summed E-state index contributed by atoms with van der Waals surface area (Å²) in [7, 11) is 1.70. The van der Waals surface area contributed by atoms with Crippen LogP contribution in [-0.2, 0) is 33.0 Å². The lowest BCUT2D eigenvalue weighted by Crippen LogP contribution is -2.41. The molecule has 200 valence electrons. The maximum Gasteiger partial charge on any atom is 0.276 e. The number of nitrogens with zero attached hydrogens (tertiary/aromatic N) is 5. The molecule has 0 aromatic carbocycles. The van der Waals surface area contributed by atoms with Crippen LogP contribution in [-0.4, -0.2) is 41.9 Å². The number of aliphatic hydroxyl groups excluding tert-OH is 1. The number of carbonyl (C=O) groups is 1. The van der Waals surface area contributed by atoms with Gasteiger partial charge in [-0.15, -0.1) is 0 Å². The highest BCUT2D eigenvalue weighted by atomic mass is 16.3. The fourth-order valence-corrected chi connectivity index (χ4v) is 6.07. The first kappa shape index (κ1) is 23.9. The molecule has 1 aliphatic heterocycles.